The Morgan fingerprint density at radius 3 is 2.67 bits per heavy atom. The van der Waals surface area contributed by atoms with E-state index < -0.39 is 0 Å². The van der Waals surface area contributed by atoms with E-state index in [4.69, 9.17) is 4.42 Å². The topological polar surface area (TPSA) is 38.1 Å². The summed E-state index contributed by atoms with van der Waals surface area (Å²) in [5, 5.41) is 3.48. The Kier molecular flexibility index (Phi) is 4.84. The second-order valence-corrected chi connectivity index (χ2v) is 6.72. The molecule has 0 aliphatic heterocycles. The maximum absolute atomic E-state index is 5.90. The predicted molar refractivity (Wildman–Crippen MR) is 87.5 cm³/mol. The second kappa shape index (κ2) is 6.44. The SMILES string of the molecule is Cc1ccc(C)c(-c2cnc(CCCNC(C)(C)C)o2)c1. The predicted octanol–water partition coefficient (Wildman–Crippen LogP) is 4.28. The largest absolute Gasteiger partial charge is 0.441 e. The number of hydrogen-bond donors (Lipinski definition) is 1. The minimum absolute atomic E-state index is 0.167. The zero-order chi connectivity index (χ0) is 15.5. The highest BCUT2D eigenvalue weighted by atomic mass is 16.4. The minimum atomic E-state index is 0.167. The van der Waals surface area contributed by atoms with Gasteiger partial charge in [-0.25, -0.2) is 4.98 Å². The maximum Gasteiger partial charge on any atom is 0.194 e. The average Bonchev–Trinajstić information content (AvgIpc) is 2.85. The van der Waals surface area contributed by atoms with Crippen LogP contribution in [0.3, 0.4) is 0 Å². The van der Waals surface area contributed by atoms with E-state index in [1.807, 2.05) is 6.20 Å². The smallest absolute Gasteiger partial charge is 0.194 e. The number of rotatable bonds is 5. The van der Waals surface area contributed by atoms with Crippen molar-refractivity contribution in [2.45, 2.75) is 53.0 Å². The summed E-state index contributed by atoms with van der Waals surface area (Å²) in [7, 11) is 0. The number of aryl methyl sites for hydroxylation is 3. The van der Waals surface area contributed by atoms with Gasteiger partial charge < -0.3 is 9.73 Å². The number of nitrogens with one attached hydrogen (secondary N) is 1. The van der Waals surface area contributed by atoms with Crippen LogP contribution < -0.4 is 5.32 Å². The van der Waals surface area contributed by atoms with Gasteiger partial charge in [-0.2, -0.15) is 0 Å². The standard InChI is InChI=1S/C18H26N2O/c1-13-8-9-14(2)15(11-13)16-12-19-17(21-16)7-6-10-20-18(3,4)5/h8-9,11-12,20H,6-7,10H2,1-5H3. The van der Waals surface area contributed by atoms with Crippen molar-refractivity contribution in [3.8, 4) is 11.3 Å². The monoisotopic (exact) mass is 286 g/mol. The molecule has 21 heavy (non-hydrogen) atoms. The summed E-state index contributed by atoms with van der Waals surface area (Å²) < 4.78 is 5.90. The van der Waals surface area contributed by atoms with E-state index in [1.54, 1.807) is 0 Å². The Labute approximate surface area is 127 Å². The van der Waals surface area contributed by atoms with Crippen LogP contribution in [-0.4, -0.2) is 17.1 Å². The molecule has 0 amide bonds. The summed E-state index contributed by atoms with van der Waals surface area (Å²) in [5.74, 6) is 1.69. The van der Waals surface area contributed by atoms with Crippen LogP contribution in [-0.2, 0) is 6.42 Å². The summed E-state index contributed by atoms with van der Waals surface area (Å²) in [6.07, 6.45) is 3.74. The molecular weight excluding hydrogens is 260 g/mol. The van der Waals surface area contributed by atoms with Crippen molar-refractivity contribution in [3.05, 3.63) is 41.4 Å². The van der Waals surface area contributed by atoms with Gasteiger partial charge in [-0.3, -0.25) is 0 Å². The Hall–Kier alpha value is -1.61. The molecule has 0 atom stereocenters. The normalized spacial score (nSPS) is 11.9. The molecule has 114 valence electrons. The third-order valence-corrected chi connectivity index (χ3v) is 3.43. The van der Waals surface area contributed by atoms with Crippen molar-refractivity contribution >= 4 is 0 Å². The van der Waals surface area contributed by atoms with Crippen LogP contribution in [0, 0.1) is 13.8 Å². The first-order valence-electron chi connectivity index (χ1n) is 7.62. The number of nitrogens with zero attached hydrogens (tertiary/aromatic N) is 1. The van der Waals surface area contributed by atoms with E-state index in [1.165, 1.54) is 11.1 Å². The first-order valence-corrected chi connectivity index (χ1v) is 7.62. The van der Waals surface area contributed by atoms with E-state index in [2.05, 4.69) is 63.1 Å². The van der Waals surface area contributed by atoms with Gasteiger partial charge in [0.25, 0.3) is 0 Å². The molecule has 0 fully saturated rings. The Morgan fingerprint density at radius 1 is 1.19 bits per heavy atom. The van der Waals surface area contributed by atoms with Crippen LogP contribution in [0.4, 0.5) is 0 Å². The molecule has 0 spiro atoms. The summed E-state index contributed by atoms with van der Waals surface area (Å²) in [5.41, 5.74) is 3.77. The summed E-state index contributed by atoms with van der Waals surface area (Å²) in [6, 6.07) is 6.40. The fraction of sp³-hybridized carbons (Fsp3) is 0.500. The third-order valence-electron chi connectivity index (χ3n) is 3.43. The lowest BCUT2D eigenvalue weighted by molar-refractivity contribution is 0.412. The molecule has 1 aromatic carbocycles. The van der Waals surface area contributed by atoms with Crippen LogP contribution in [0.25, 0.3) is 11.3 Å². The molecule has 1 heterocycles. The molecule has 0 bridgehead atoms. The van der Waals surface area contributed by atoms with Crippen molar-refractivity contribution in [2.24, 2.45) is 0 Å². The van der Waals surface area contributed by atoms with E-state index in [0.717, 1.165) is 36.6 Å². The molecule has 2 rings (SSSR count). The fourth-order valence-electron chi connectivity index (χ4n) is 2.25. The zero-order valence-corrected chi connectivity index (χ0v) is 13.8. The van der Waals surface area contributed by atoms with Gasteiger partial charge in [-0.1, -0.05) is 17.7 Å². The molecule has 1 aromatic heterocycles. The number of aromatic nitrogens is 1. The highest BCUT2D eigenvalue weighted by molar-refractivity contribution is 5.62. The van der Waals surface area contributed by atoms with Crippen LogP contribution in [0.1, 0.15) is 44.2 Å². The minimum Gasteiger partial charge on any atom is -0.441 e. The Morgan fingerprint density at radius 2 is 1.95 bits per heavy atom. The van der Waals surface area contributed by atoms with Crippen LogP contribution >= 0.6 is 0 Å². The molecule has 0 unspecified atom stereocenters. The van der Waals surface area contributed by atoms with Crippen molar-refractivity contribution in [3.63, 3.8) is 0 Å². The van der Waals surface area contributed by atoms with E-state index >= 15 is 0 Å². The number of oxazole rings is 1. The molecule has 3 nitrogen and oxygen atoms in total. The van der Waals surface area contributed by atoms with E-state index in [9.17, 15) is 0 Å². The van der Waals surface area contributed by atoms with Gasteiger partial charge in [0, 0.05) is 17.5 Å². The molecule has 0 saturated heterocycles. The molecular formula is C18H26N2O. The molecule has 0 saturated carbocycles. The number of benzene rings is 1. The highest BCUT2D eigenvalue weighted by Crippen LogP contribution is 2.25. The van der Waals surface area contributed by atoms with Crippen LogP contribution in [0.15, 0.2) is 28.8 Å². The number of hydrogen-bond acceptors (Lipinski definition) is 3. The molecule has 3 heteroatoms. The summed E-state index contributed by atoms with van der Waals surface area (Å²) >= 11 is 0. The lowest BCUT2D eigenvalue weighted by Gasteiger charge is -2.20. The van der Waals surface area contributed by atoms with Crippen LogP contribution in [0.5, 0.6) is 0 Å². The van der Waals surface area contributed by atoms with Crippen molar-refractivity contribution in [1.29, 1.82) is 0 Å². The fourth-order valence-corrected chi connectivity index (χ4v) is 2.25. The summed E-state index contributed by atoms with van der Waals surface area (Å²) in [6.45, 7) is 11.7. The first-order chi connectivity index (χ1) is 9.85. The van der Waals surface area contributed by atoms with Gasteiger partial charge in [0.2, 0.25) is 0 Å². The summed E-state index contributed by atoms with van der Waals surface area (Å²) in [4.78, 5) is 4.40. The van der Waals surface area contributed by atoms with Gasteiger partial charge in [0.05, 0.1) is 6.20 Å². The molecule has 0 radical (unpaired) electrons. The molecule has 0 aliphatic carbocycles. The van der Waals surface area contributed by atoms with Gasteiger partial charge in [-0.05, 0) is 59.2 Å². The van der Waals surface area contributed by atoms with Gasteiger partial charge >= 0.3 is 0 Å². The van der Waals surface area contributed by atoms with Crippen molar-refractivity contribution in [2.75, 3.05) is 6.54 Å². The van der Waals surface area contributed by atoms with E-state index in [0.29, 0.717) is 0 Å². The third kappa shape index (κ3) is 4.71. The first kappa shape index (κ1) is 15.8. The molecule has 0 aliphatic rings. The van der Waals surface area contributed by atoms with Gasteiger partial charge in [0.1, 0.15) is 0 Å². The lowest BCUT2D eigenvalue weighted by atomic mass is 10.0. The Bertz CT molecular complexity index is 594. The van der Waals surface area contributed by atoms with Crippen LogP contribution in [0.2, 0.25) is 0 Å². The average molecular weight is 286 g/mol. The van der Waals surface area contributed by atoms with Gasteiger partial charge in [0.15, 0.2) is 11.7 Å². The maximum atomic E-state index is 5.90. The highest BCUT2D eigenvalue weighted by Gasteiger charge is 2.10. The second-order valence-electron chi connectivity index (χ2n) is 6.72. The van der Waals surface area contributed by atoms with Crippen molar-refractivity contribution < 1.29 is 4.42 Å². The van der Waals surface area contributed by atoms with Gasteiger partial charge in [-0.15, -0.1) is 0 Å². The van der Waals surface area contributed by atoms with E-state index in [-0.39, 0.29) is 5.54 Å². The molecule has 2 aromatic rings. The van der Waals surface area contributed by atoms with Crippen molar-refractivity contribution in [1.82, 2.24) is 10.3 Å². The zero-order valence-electron chi connectivity index (χ0n) is 13.8. The lowest BCUT2D eigenvalue weighted by Crippen LogP contribution is -2.36. The quantitative estimate of drug-likeness (QED) is 0.834. The molecule has 1 N–H and O–H groups in total. The Balaban J connectivity index is 1.97.